The molecule has 2 aliphatic heterocycles. The van der Waals surface area contributed by atoms with E-state index >= 15 is 0 Å². The first-order chi connectivity index (χ1) is 11.5. The fourth-order valence-corrected chi connectivity index (χ4v) is 4.11. The molecule has 0 radical (unpaired) electrons. The van der Waals surface area contributed by atoms with Crippen LogP contribution in [0.4, 0.5) is 10.5 Å². The van der Waals surface area contributed by atoms with Gasteiger partial charge in [-0.25, -0.2) is 4.79 Å². The van der Waals surface area contributed by atoms with E-state index in [1.165, 1.54) is 0 Å². The number of rotatable bonds is 2. The molecule has 2 fully saturated rings. The van der Waals surface area contributed by atoms with Crippen molar-refractivity contribution in [2.24, 2.45) is 13.0 Å². The van der Waals surface area contributed by atoms with Gasteiger partial charge in [-0.05, 0) is 49.8 Å². The average molecular weight is 325 g/mol. The van der Waals surface area contributed by atoms with E-state index < -0.39 is 0 Å². The van der Waals surface area contributed by atoms with Crippen molar-refractivity contribution < 1.29 is 4.79 Å². The lowest BCUT2D eigenvalue weighted by atomic mass is 9.74. The van der Waals surface area contributed by atoms with Crippen LogP contribution >= 0.6 is 0 Å². The number of carbonyl (C=O) groups excluding carboxylic acids is 1. The molecule has 0 saturated carbocycles. The summed E-state index contributed by atoms with van der Waals surface area (Å²) < 4.78 is 0. The molecule has 2 aliphatic rings. The lowest BCUT2D eigenvalue weighted by molar-refractivity contribution is -0.00600. The van der Waals surface area contributed by atoms with Gasteiger partial charge in [-0.1, -0.05) is 13.0 Å². The molecule has 6 heteroatoms. The Kier molecular flexibility index (Phi) is 3.55. The molecule has 2 saturated heterocycles. The Hall–Kier alpha value is -2.37. The Balaban J connectivity index is 1.52. The molecule has 6 nitrogen and oxygen atoms in total. The average Bonchev–Trinajstić information content (AvgIpc) is 2.95. The van der Waals surface area contributed by atoms with Crippen LogP contribution in [0.15, 0.2) is 24.4 Å². The van der Waals surface area contributed by atoms with Crippen molar-refractivity contribution in [2.75, 3.05) is 5.32 Å². The Morgan fingerprint density at radius 2 is 2.00 bits per heavy atom. The number of aromatic nitrogens is 3. The van der Waals surface area contributed by atoms with Crippen LogP contribution in [0, 0.1) is 12.8 Å². The largest absolute Gasteiger partial charge is 0.322 e. The van der Waals surface area contributed by atoms with Crippen LogP contribution < -0.4 is 5.32 Å². The zero-order valence-electron chi connectivity index (χ0n) is 14.4. The van der Waals surface area contributed by atoms with Gasteiger partial charge in [0, 0.05) is 30.4 Å². The summed E-state index contributed by atoms with van der Waals surface area (Å²) in [5.41, 5.74) is 3.74. The number of urea groups is 1. The van der Waals surface area contributed by atoms with Gasteiger partial charge in [-0.2, -0.15) is 15.0 Å². The van der Waals surface area contributed by atoms with Crippen LogP contribution in [-0.4, -0.2) is 38.0 Å². The summed E-state index contributed by atoms with van der Waals surface area (Å²) in [4.78, 5) is 16.2. The van der Waals surface area contributed by atoms with Gasteiger partial charge < -0.3 is 10.2 Å². The topological polar surface area (TPSA) is 63.1 Å². The van der Waals surface area contributed by atoms with Crippen LogP contribution in [0.1, 0.15) is 31.7 Å². The number of amides is 2. The summed E-state index contributed by atoms with van der Waals surface area (Å²) in [6.45, 7) is 4.32. The highest BCUT2D eigenvalue weighted by Crippen LogP contribution is 2.41. The smallest absolute Gasteiger partial charge is 0.318 e. The predicted octanol–water partition coefficient (Wildman–Crippen LogP) is 3.20. The van der Waals surface area contributed by atoms with Crippen molar-refractivity contribution in [3.63, 3.8) is 0 Å². The highest BCUT2D eigenvalue weighted by molar-refractivity contribution is 5.91. The molecule has 2 bridgehead atoms. The van der Waals surface area contributed by atoms with Gasteiger partial charge in [-0.3, -0.25) is 0 Å². The second-order valence-corrected chi connectivity index (χ2v) is 7.21. The monoisotopic (exact) mass is 325 g/mol. The third kappa shape index (κ3) is 2.56. The zero-order chi connectivity index (χ0) is 16.8. The maximum atomic E-state index is 12.6. The minimum absolute atomic E-state index is 0.0251. The molecule has 1 aromatic carbocycles. The van der Waals surface area contributed by atoms with Gasteiger partial charge in [0.25, 0.3) is 0 Å². The first-order valence-corrected chi connectivity index (χ1v) is 8.58. The number of hydrogen-bond donors (Lipinski definition) is 1. The Labute approximate surface area is 141 Å². The SMILES string of the molecule is Cc1ccc(NC(=O)N2C3CC(C)C[C@@H]2C3)cc1-c1cnn(C)n1. The van der Waals surface area contributed by atoms with E-state index in [4.69, 9.17) is 0 Å². The van der Waals surface area contributed by atoms with E-state index in [1.54, 1.807) is 18.0 Å². The fraction of sp³-hybridized carbons (Fsp3) is 0.500. The van der Waals surface area contributed by atoms with Crippen molar-refractivity contribution >= 4 is 11.7 Å². The number of hydrogen-bond acceptors (Lipinski definition) is 3. The highest BCUT2D eigenvalue weighted by atomic mass is 16.2. The normalized spacial score (nSPS) is 25.3. The number of anilines is 1. The number of aryl methyl sites for hydroxylation is 2. The molecule has 0 aliphatic carbocycles. The Morgan fingerprint density at radius 1 is 1.25 bits per heavy atom. The van der Waals surface area contributed by atoms with E-state index in [9.17, 15) is 4.79 Å². The molecule has 3 atom stereocenters. The van der Waals surface area contributed by atoms with Gasteiger partial charge >= 0.3 is 6.03 Å². The van der Waals surface area contributed by atoms with Crippen molar-refractivity contribution in [2.45, 2.75) is 45.2 Å². The van der Waals surface area contributed by atoms with E-state index in [2.05, 4.69) is 22.4 Å². The third-order valence-corrected chi connectivity index (χ3v) is 5.28. The predicted molar refractivity (Wildman–Crippen MR) is 92.6 cm³/mol. The molecule has 1 aromatic heterocycles. The van der Waals surface area contributed by atoms with Crippen LogP contribution in [0.3, 0.4) is 0 Å². The number of carbonyl (C=O) groups is 1. The summed E-state index contributed by atoms with van der Waals surface area (Å²) in [7, 11) is 1.80. The van der Waals surface area contributed by atoms with E-state index in [-0.39, 0.29) is 6.03 Å². The first kappa shape index (κ1) is 15.2. The van der Waals surface area contributed by atoms with Crippen LogP contribution in [0.5, 0.6) is 0 Å². The lowest BCUT2D eigenvalue weighted by Crippen LogP contribution is -2.63. The maximum Gasteiger partial charge on any atom is 0.322 e. The molecule has 3 heterocycles. The summed E-state index contributed by atoms with van der Waals surface area (Å²) in [5.74, 6) is 0.737. The van der Waals surface area contributed by atoms with Gasteiger partial charge in [0.1, 0.15) is 5.69 Å². The van der Waals surface area contributed by atoms with Crippen molar-refractivity contribution in [1.29, 1.82) is 0 Å². The van der Waals surface area contributed by atoms with Gasteiger partial charge in [0.2, 0.25) is 0 Å². The van der Waals surface area contributed by atoms with Crippen LogP contribution in [0.2, 0.25) is 0 Å². The molecule has 0 spiro atoms. The second-order valence-electron chi connectivity index (χ2n) is 7.21. The van der Waals surface area contributed by atoms with Crippen molar-refractivity contribution in [3.05, 3.63) is 30.0 Å². The quantitative estimate of drug-likeness (QED) is 0.922. The van der Waals surface area contributed by atoms with Crippen LogP contribution in [0.25, 0.3) is 11.3 Å². The molecule has 126 valence electrons. The maximum absolute atomic E-state index is 12.6. The van der Waals surface area contributed by atoms with Gasteiger partial charge in [0.15, 0.2) is 0 Å². The van der Waals surface area contributed by atoms with Gasteiger partial charge in [-0.15, -0.1) is 0 Å². The minimum atomic E-state index is 0.0251. The number of piperidine rings is 1. The summed E-state index contributed by atoms with van der Waals surface area (Å²) in [5, 5.41) is 11.6. The molecular weight excluding hydrogens is 302 g/mol. The molecule has 24 heavy (non-hydrogen) atoms. The minimum Gasteiger partial charge on any atom is -0.318 e. The van der Waals surface area contributed by atoms with E-state index in [0.717, 1.165) is 47.7 Å². The zero-order valence-corrected chi connectivity index (χ0v) is 14.4. The highest BCUT2D eigenvalue weighted by Gasteiger charge is 2.46. The molecule has 2 amide bonds. The number of nitrogens with zero attached hydrogens (tertiary/aromatic N) is 4. The second kappa shape index (κ2) is 5.61. The lowest BCUT2D eigenvalue weighted by Gasteiger charge is -2.54. The van der Waals surface area contributed by atoms with Crippen molar-refractivity contribution in [3.8, 4) is 11.3 Å². The Morgan fingerprint density at radius 3 is 2.67 bits per heavy atom. The summed E-state index contributed by atoms with van der Waals surface area (Å²) >= 11 is 0. The molecule has 2 unspecified atom stereocenters. The third-order valence-electron chi connectivity index (χ3n) is 5.28. The molecule has 4 rings (SSSR count). The molecule has 1 N–H and O–H groups in total. The summed E-state index contributed by atoms with van der Waals surface area (Å²) in [6.07, 6.45) is 5.16. The summed E-state index contributed by atoms with van der Waals surface area (Å²) in [6, 6.07) is 6.81. The van der Waals surface area contributed by atoms with Crippen molar-refractivity contribution in [1.82, 2.24) is 19.9 Å². The fourth-order valence-electron chi connectivity index (χ4n) is 4.11. The van der Waals surface area contributed by atoms with Crippen LogP contribution in [-0.2, 0) is 7.05 Å². The first-order valence-electron chi connectivity index (χ1n) is 8.58. The molecular formula is C18H23N5O. The number of benzene rings is 1. The van der Waals surface area contributed by atoms with E-state index in [0.29, 0.717) is 12.1 Å². The standard InChI is InChI=1S/C18H23N5O/c1-11-6-14-9-15(7-11)23(14)18(24)20-13-5-4-12(2)16(8-13)17-10-19-22(3)21-17/h4-5,8,10-11,14-15H,6-7,9H2,1-3H3,(H,20,24)/t11?,14-,15?/m1/s1. The molecule has 2 aromatic rings. The van der Waals surface area contributed by atoms with Gasteiger partial charge in [0.05, 0.1) is 6.20 Å². The number of fused-ring (bicyclic) bond motifs is 2. The number of nitrogens with one attached hydrogen (secondary N) is 1. The Bertz CT molecular complexity index is 771. The van der Waals surface area contributed by atoms with E-state index in [1.807, 2.05) is 30.0 Å².